The van der Waals surface area contributed by atoms with Crippen molar-refractivity contribution in [3.63, 3.8) is 0 Å². The Morgan fingerprint density at radius 3 is 2.32 bits per heavy atom. The number of nitrogens with one attached hydrogen (secondary N) is 1. The molecule has 0 saturated carbocycles. The first-order valence-corrected chi connectivity index (χ1v) is 7.74. The summed E-state index contributed by atoms with van der Waals surface area (Å²) < 4.78 is 0. The molecule has 0 aliphatic heterocycles. The molecule has 2 rings (SSSR count). The summed E-state index contributed by atoms with van der Waals surface area (Å²) in [6.45, 7) is 11.0. The van der Waals surface area contributed by atoms with Crippen LogP contribution in [0.3, 0.4) is 0 Å². The quantitative estimate of drug-likeness (QED) is 0.818. The molecule has 1 aromatic carbocycles. The first kappa shape index (κ1) is 14.3. The molecule has 0 bridgehead atoms. The molecule has 0 fully saturated rings. The lowest BCUT2D eigenvalue weighted by Gasteiger charge is -2.22. The van der Waals surface area contributed by atoms with E-state index < -0.39 is 0 Å². The second kappa shape index (κ2) is 5.89. The van der Waals surface area contributed by atoms with Crippen LogP contribution in [0.5, 0.6) is 0 Å². The third-order valence-corrected chi connectivity index (χ3v) is 4.90. The van der Waals surface area contributed by atoms with Crippen LogP contribution in [0.25, 0.3) is 0 Å². The zero-order valence-electron chi connectivity index (χ0n) is 12.4. The summed E-state index contributed by atoms with van der Waals surface area (Å²) >= 11 is 1.84. The lowest BCUT2D eigenvalue weighted by Crippen LogP contribution is -2.23. The Balaban J connectivity index is 2.15. The molecule has 1 aromatic heterocycles. The molecule has 0 saturated heterocycles. The van der Waals surface area contributed by atoms with E-state index in [-0.39, 0.29) is 0 Å². The van der Waals surface area contributed by atoms with Crippen LogP contribution in [-0.4, -0.2) is 0 Å². The van der Waals surface area contributed by atoms with Crippen molar-refractivity contribution < 1.29 is 0 Å². The predicted molar refractivity (Wildman–Crippen MR) is 84.9 cm³/mol. The third-order valence-electron chi connectivity index (χ3n) is 3.70. The van der Waals surface area contributed by atoms with Gasteiger partial charge in [-0.05, 0) is 62.8 Å². The molecule has 1 nitrogen and oxygen atoms in total. The van der Waals surface area contributed by atoms with Crippen LogP contribution in [0.2, 0.25) is 0 Å². The van der Waals surface area contributed by atoms with Gasteiger partial charge in [-0.1, -0.05) is 23.8 Å². The van der Waals surface area contributed by atoms with Crippen LogP contribution in [0, 0.1) is 20.8 Å². The average Bonchev–Trinajstić information content (AvgIpc) is 2.78. The zero-order chi connectivity index (χ0) is 14.0. The highest BCUT2D eigenvalue weighted by Crippen LogP contribution is 2.27. The summed E-state index contributed by atoms with van der Waals surface area (Å²) in [5.74, 6) is 0. The molecule has 2 atom stereocenters. The first-order valence-electron chi connectivity index (χ1n) is 6.86. The minimum Gasteiger partial charge on any atom is -0.303 e. The molecule has 2 unspecified atom stereocenters. The molecular formula is C17H23NS. The summed E-state index contributed by atoms with van der Waals surface area (Å²) in [6, 6.07) is 9.65. The van der Waals surface area contributed by atoms with Crippen molar-refractivity contribution >= 4 is 11.3 Å². The van der Waals surface area contributed by atoms with Crippen molar-refractivity contribution in [3.05, 3.63) is 56.8 Å². The van der Waals surface area contributed by atoms with Crippen molar-refractivity contribution in [2.75, 3.05) is 0 Å². The molecule has 0 spiro atoms. The molecule has 0 aliphatic rings. The summed E-state index contributed by atoms with van der Waals surface area (Å²) in [5.41, 5.74) is 5.48. The van der Waals surface area contributed by atoms with E-state index in [1.165, 1.54) is 27.1 Å². The lowest BCUT2D eigenvalue weighted by atomic mass is 9.99. The van der Waals surface area contributed by atoms with Gasteiger partial charge in [-0.2, -0.15) is 0 Å². The first-order chi connectivity index (χ1) is 8.99. The smallest absolute Gasteiger partial charge is 0.0393 e. The van der Waals surface area contributed by atoms with Gasteiger partial charge in [0, 0.05) is 17.0 Å². The predicted octanol–water partition coefficient (Wildman–Crippen LogP) is 5.09. The number of aryl methyl sites for hydroxylation is 3. The number of thiophene rings is 1. The van der Waals surface area contributed by atoms with Crippen molar-refractivity contribution in [3.8, 4) is 0 Å². The fourth-order valence-electron chi connectivity index (χ4n) is 2.59. The molecule has 0 radical (unpaired) electrons. The third kappa shape index (κ3) is 3.26. The van der Waals surface area contributed by atoms with E-state index in [4.69, 9.17) is 0 Å². The van der Waals surface area contributed by atoms with Crippen LogP contribution in [-0.2, 0) is 0 Å². The largest absolute Gasteiger partial charge is 0.303 e. The highest BCUT2D eigenvalue weighted by molar-refractivity contribution is 7.10. The van der Waals surface area contributed by atoms with Gasteiger partial charge in [-0.3, -0.25) is 0 Å². The Kier molecular flexibility index (Phi) is 4.43. The van der Waals surface area contributed by atoms with E-state index in [2.05, 4.69) is 69.6 Å². The van der Waals surface area contributed by atoms with Crippen molar-refractivity contribution in [1.29, 1.82) is 0 Å². The van der Waals surface area contributed by atoms with E-state index in [0.717, 1.165) is 0 Å². The molecule has 19 heavy (non-hydrogen) atoms. The van der Waals surface area contributed by atoms with E-state index in [0.29, 0.717) is 12.1 Å². The Bertz CT molecular complexity index is 556. The zero-order valence-corrected chi connectivity index (χ0v) is 13.3. The van der Waals surface area contributed by atoms with Gasteiger partial charge in [0.05, 0.1) is 0 Å². The van der Waals surface area contributed by atoms with Gasteiger partial charge in [0.2, 0.25) is 0 Å². The topological polar surface area (TPSA) is 12.0 Å². The second-order valence-electron chi connectivity index (χ2n) is 5.44. The summed E-state index contributed by atoms with van der Waals surface area (Å²) in [4.78, 5) is 1.44. The van der Waals surface area contributed by atoms with Gasteiger partial charge in [-0.15, -0.1) is 11.3 Å². The Morgan fingerprint density at radius 2 is 1.68 bits per heavy atom. The highest BCUT2D eigenvalue weighted by Gasteiger charge is 2.15. The summed E-state index contributed by atoms with van der Waals surface area (Å²) in [6.07, 6.45) is 0. The second-order valence-corrected chi connectivity index (χ2v) is 6.39. The highest BCUT2D eigenvalue weighted by atomic mass is 32.1. The lowest BCUT2D eigenvalue weighted by molar-refractivity contribution is 0.497. The monoisotopic (exact) mass is 273 g/mol. The standard InChI is InChI=1S/C17H23NS/c1-11-6-7-12(2)16(10-11)14(4)18-15(5)17-13(3)8-9-19-17/h6-10,14-15,18H,1-5H3. The van der Waals surface area contributed by atoms with Gasteiger partial charge in [-0.25, -0.2) is 0 Å². The van der Waals surface area contributed by atoms with Crippen LogP contribution < -0.4 is 5.32 Å². The SMILES string of the molecule is Cc1ccc(C)c(C(C)NC(C)c2sccc2C)c1. The molecule has 2 aromatic rings. The fraction of sp³-hybridized carbons (Fsp3) is 0.412. The maximum atomic E-state index is 3.72. The molecule has 0 aliphatic carbocycles. The maximum absolute atomic E-state index is 3.72. The molecule has 0 amide bonds. The number of hydrogen-bond acceptors (Lipinski definition) is 2. The Hall–Kier alpha value is -1.12. The van der Waals surface area contributed by atoms with Crippen molar-refractivity contribution in [1.82, 2.24) is 5.32 Å². The van der Waals surface area contributed by atoms with Crippen molar-refractivity contribution in [2.24, 2.45) is 0 Å². The van der Waals surface area contributed by atoms with Gasteiger partial charge in [0.25, 0.3) is 0 Å². The van der Waals surface area contributed by atoms with Crippen molar-refractivity contribution in [2.45, 2.75) is 46.7 Å². The molecule has 102 valence electrons. The molecule has 1 N–H and O–H groups in total. The fourth-order valence-corrected chi connectivity index (χ4v) is 3.54. The minimum atomic E-state index is 0.372. The molecule has 1 heterocycles. The number of benzene rings is 1. The molecule has 2 heteroatoms. The van der Waals surface area contributed by atoms with Gasteiger partial charge in [0.15, 0.2) is 0 Å². The molecular weight excluding hydrogens is 250 g/mol. The Morgan fingerprint density at radius 1 is 0.947 bits per heavy atom. The maximum Gasteiger partial charge on any atom is 0.0393 e. The van der Waals surface area contributed by atoms with Crippen LogP contribution in [0.1, 0.15) is 53.1 Å². The minimum absolute atomic E-state index is 0.372. The number of rotatable bonds is 4. The van der Waals surface area contributed by atoms with Crippen LogP contribution >= 0.6 is 11.3 Å². The van der Waals surface area contributed by atoms with Crippen LogP contribution in [0.15, 0.2) is 29.6 Å². The average molecular weight is 273 g/mol. The van der Waals surface area contributed by atoms with Gasteiger partial charge >= 0.3 is 0 Å². The van der Waals surface area contributed by atoms with Gasteiger partial charge in [0.1, 0.15) is 0 Å². The summed E-state index contributed by atoms with van der Waals surface area (Å²) in [5, 5.41) is 5.89. The van der Waals surface area contributed by atoms with Gasteiger partial charge < -0.3 is 5.32 Å². The number of hydrogen-bond donors (Lipinski definition) is 1. The Labute approximate surface area is 120 Å². The van der Waals surface area contributed by atoms with Crippen LogP contribution in [0.4, 0.5) is 0 Å². The van der Waals surface area contributed by atoms with E-state index in [1.807, 2.05) is 11.3 Å². The summed E-state index contributed by atoms with van der Waals surface area (Å²) in [7, 11) is 0. The van der Waals surface area contributed by atoms with E-state index in [9.17, 15) is 0 Å². The van der Waals surface area contributed by atoms with E-state index >= 15 is 0 Å². The normalized spacial score (nSPS) is 14.4. The van der Waals surface area contributed by atoms with E-state index in [1.54, 1.807) is 0 Å².